The van der Waals surface area contributed by atoms with Crippen molar-refractivity contribution in [2.75, 3.05) is 13.1 Å². The first-order chi connectivity index (χ1) is 7.33. The molecule has 84 valence electrons. The van der Waals surface area contributed by atoms with Gasteiger partial charge in [-0.15, -0.1) is 0 Å². The van der Waals surface area contributed by atoms with Crippen molar-refractivity contribution >= 4 is 0 Å². The second-order valence-corrected chi connectivity index (χ2v) is 4.12. The van der Waals surface area contributed by atoms with Gasteiger partial charge in [-0.3, -0.25) is 4.68 Å². The number of hydrogen-bond acceptors (Lipinski definition) is 3. The maximum atomic E-state index is 10.2. The Bertz CT molecular complexity index is 305. The van der Waals surface area contributed by atoms with Crippen molar-refractivity contribution in [3.05, 3.63) is 18.0 Å². The Hall–Kier alpha value is -0.870. The molecule has 0 aliphatic carbocycles. The molecule has 4 heteroatoms. The molecule has 0 amide bonds. The van der Waals surface area contributed by atoms with Crippen molar-refractivity contribution in [1.29, 1.82) is 0 Å². The summed E-state index contributed by atoms with van der Waals surface area (Å²) in [5.74, 6) is 0.334. The van der Waals surface area contributed by atoms with Gasteiger partial charge < -0.3 is 10.4 Å². The van der Waals surface area contributed by atoms with Gasteiger partial charge >= 0.3 is 0 Å². The van der Waals surface area contributed by atoms with Crippen LogP contribution in [-0.4, -0.2) is 28.0 Å². The van der Waals surface area contributed by atoms with E-state index in [0.717, 1.165) is 38.2 Å². The van der Waals surface area contributed by atoms with Gasteiger partial charge in [-0.1, -0.05) is 0 Å². The molecular formula is C11H19N3O. The number of hydrogen-bond donors (Lipinski definition) is 2. The van der Waals surface area contributed by atoms with E-state index in [2.05, 4.69) is 10.4 Å². The van der Waals surface area contributed by atoms with Gasteiger partial charge in [0.1, 0.15) is 0 Å². The first-order valence-corrected chi connectivity index (χ1v) is 5.73. The summed E-state index contributed by atoms with van der Waals surface area (Å²) in [6.07, 6.45) is 3.64. The molecule has 2 heterocycles. The van der Waals surface area contributed by atoms with Crippen LogP contribution < -0.4 is 5.32 Å². The van der Waals surface area contributed by atoms with Crippen LogP contribution >= 0.6 is 0 Å². The Kier molecular flexibility index (Phi) is 3.38. The molecule has 1 saturated heterocycles. The van der Waals surface area contributed by atoms with Gasteiger partial charge in [0.2, 0.25) is 0 Å². The lowest BCUT2D eigenvalue weighted by atomic mass is 9.92. The highest BCUT2D eigenvalue weighted by molar-refractivity contribution is 5.06. The van der Waals surface area contributed by atoms with Crippen LogP contribution in [-0.2, 0) is 6.54 Å². The quantitative estimate of drug-likeness (QED) is 0.779. The molecule has 1 fully saturated rings. The van der Waals surface area contributed by atoms with Gasteiger partial charge in [0.15, 0.2) is 0 Å². The molecule has 1 aromatic heterocycles. The molecule has 1 aliphatic heterocycles. The van der Waals surface area contributed by atoms with Gasteiger partial charge in [0.25, 0.3) is 0 Å². The predicted octanol–water partition coefficient (Wildman–Crippen LogP) is 0.936. The minimum Gasteiger partial charge on any atom is -0.386 e. The monoisotopic (exact) mass is 209 g/mol. The molecule has 1 aromatic rings. The van der Waals surface area contributed by atoms with Gasteiger partial charge in [-0.2, -0.15) is 5.10 Å². The summed E-state index contributed by atoms with van der Waals surface area (Å²) in [4.78, 5) is 0. The summed E-state index contributed by atoms with van der Waals surface area (Å²) >= 11 is 0. The van der Waals surface area contributed by atoms with Crippen LogP contribution in [0.15, 0.2) is 12.3 Å². The maximum absolute atomic E-state index is 10.2. The smallest absolute Gasteiger partial charge is 0.0996 e. The molecule has 2 atom stereocenters. The van der Waals surface area contributed by atoms with Crippen molar-refractivity contribution in [2.45, 2.75) is 32.4 Å². The number of aromatic nitrogens is 2. The predicted molar refractivity (Wildman–Crippen MR) is 58.5 cm³/mol. The van der Waals surface area contributed by atoms with Crippen LogP contribution in [0.4, 0.5) is 0 Å². The van der Waals surface area contributed by atoms with E-state index in [1.807, 2.05) is 17.7 Å². The largest absolute Gasteiger partial charge is 0.386 e. The molecule has 2 unspecified atom stereocenters. The minimum atomic E-state index is -0.375. The average Bonchev–Trinajstić information content (AvgIpc) is 2.77. The van der Waals surface area contributed by atoms with E-state index in [-0.39, 0.29) is 6.10 Å². The lowest BCUT2D eigenvalue weighted by molar-refractivity contribution is 0.0840. The number of aliphatic hydroxyl groups is 1. The molecule has 0 aromatic carbocycles. The fraction of sp³-hybridized carbons (Fsp3) is 0.727. The van der Waals surface area contributed by atoms with E-state index in [1.165, 1.54) is 0 Å². The van der Waals surface area contributed by atoms with Crippen molar-refractivity contribution in [3.8, 4) is 0 Å². The normalized spacial score (nSPS) is 24.0. The second-order valence-electron chi connectivity index (χ2n) is 4.12. The molecule has 1 aliphatic rings. The first kappa shape index (κ1) is 10.6. The molecule has 0 bridgehead atoms. The lowest BCUT2D eigenvalue weighted by Crippen LogP contribution is -2.33. The number of nitrogens with zero attached hydrogens (tertiary/aromatic N) is 2. The second kappa shape index (κ2) is 4.77. The lowest BCUT2D eigenvalue weighted by Gasteiger charge is -2.27. The van der Waals surface area contributed by atoms with E-state index < -0.39 is 0 Å². The Balaban J connectivity index is 2.08. The van der Waals surface area contributed by atoms with Gasteiger partial charge in [-0.05, 0) is 32.4 Å². The molecule has 0 spiro atoms. The van der Waals surface area contributed by atoms with Crippen LogP contribution in [0.5, 0.6) is 0 Å². The van der Waals surface area contributed by atoms with Crippen molar-refractivity contribution in [1.82, 2.24) is 15.1 Å². The third-order valence-corrected chi connectivity index (χ3v) is 3.13. The van der Waals surface area contributed by atoms with Crippen LogP contribution in [0.1, 0.15) is 31.6 Å². The summed E-state index contributed by atoms with van der Waals surface area (Å²) in [6, 6.07) is 1.92. The van der Waals surface area contributed by atoms with E-state index in [4.69, 9.17) is 0 Å². The maximum Gasteiger partial charge on any atom is 0.0996 e. The Morgan fingerprint density at radius 2 is 2.60 bits per heavy atom. The standard InChI is InChI=1S/C11H19N3O/c1-2-14-10(5-7-13-14)11(15)9-4-3-6-12-8-9/h5,7,9,11-12,15H,2-4,6,8H2,1H3. The molecule has 15 heavy (non-hydrogen) atoms. The van der Waals surface area contributed by atoms with Crippen LogP contribution in [0.25, 0.3) is 0 Å². The van der Waals surface area contributed by atoms with Gasteiger partial charge in [-0.25, -0.2) is 0 Å². The number of aryl methyl sites for hydroxylation is 1. The third kappa shape index (κ3) is 2.21. The minimum absolute atomic E-state index is 0.334. The van der Waals surface area contributed by atoms with E-state index in [0.29, 0.717) is 5.92 Å². The first-order valence-electron chi connectivity index (χ1n) is 5.73. The number of rotatable bonds is 3. The van der Waals surface area contributed by atoms with Gasteiger partial charge in [0, 0.05) is 25.2 Å². The van der Waals surface area contributed by atoms with Crippen LogP contribution in [0, 0.1) is 5.92 Å². The zero-order valence-corrected chi connectivity index (χ0v) is 9.19. The highest BCUT2D eigenvalue weighted by Crippen LogP contribution is 2.26. The summed E-state index contributed by atoms with van der Waals surface area (Å²) < 4.78 is 1.87. The highest BCUT2D eigenvalue weighted by Gasteiger charge is 2.24. The topological polar surface area (TPSA) is 50.1 Å². The SMILES string of the molecule is CCn1nccc1C(O)C1CCCNC1. The highest BCUT2D eigenvalue weighted by atomic mass is 16.3. The molecule has 0 radical (unpaired) electrons. The zero-order valence-electron chi connectivity index (χ0n) is 9.19. The Labute approximate surface area is 90.3 Å². The number of nitrogens with one attached hydrogen (secondary N) is 1. The van der Waals surface area contributed by atoms with Crippen molar-refractivity contribution < 1.29 is 5.11 Å². The molecular weight excluding hydrogens is 190 g/mol. The molecule has 2 N–H and O–H groups in total. The van der Waals surface area contributed by atoms with Gasteiger partial charge in [0.05, 0.1) is 11.8 Å². The Morgan fingerprint density at radius 1 is 1.73 bits per heavy atom. The van der Waals surface area contributed by atoms with E-state index >= 15 is 0 Å². The Morgan fingerprint density at radius 3 is 3.27 bits per heavy atom. The van der Waals surface area contributed by atoms with Crippen LogP contribution in [0.2, 0.25) is 0 Å². The fourth-order valence-electron chi connectivity index (χ4n) is 2.25. The third-order valence-electron chi connectivity index (χ3n) is 3.13. The summed E-state index contributed by atoms with van der Waals surface area (Å²) in [5.41, 5.74) is 0.950. The molecule has 0 saturated carbocycles. The summed E-state index contributed by atoms with van der Waals surface area (Å²) in [5, 5.41) is 17.8. The van der Waals surface area contributed by atoms with Crippen LogP contribution in [0.3, 0.4) is 0 Å². The molecule has 2 rings (SSSR count). The number of aliphatic hydroxyl groups excluding tert-OH is 1. The van der Waals surface area contributed by atoms with E-state index in [1.54, 1.807) is 6.20 Å². The summed E-state index contributed by atoms with van der Waals surface area (Å²) in [7, 11) is 0. The zero-order chi connectivity index (χ0) is 10.7. The fourth-order valence-corrected chi connectivity index (χ4v) is 2.25. The van der Waals surface area contributed by atoms with Crippen molar-refractivity contribution in [3.63, 3.8) is 0 Å². The average molecular weight is 209 g/mol. The summed E-state index contributed by atoms with van der Waals surface area (Å²) in [6.45, 7) is 4.86. The molecule has 4 nitrogen and oxygen atoms in total. The van der Waals surface area contributed by atoms with Crippen molar-refractivity contribution in [2.24, 2.45) is 5.92 Å². The van der Waals surface area contributed by atoms with E-state index in [9.17, 15) is 5.11 Å². The number of piperidine rings is 1.